The van der Waals surface area contributed by atoms with Crippen molar-refractivity contribution in [2.75, 3.05) is 13.7 Å². The second kappa shape index (κ2) is 5.37. The highest BCUT2D eigenvalue weighted by atomic mass is 19.4. The molecule has 0 aromatic heterocycles. The molecule has 1 aromatic carbocycles. The van der Waals surface area contributed by atoms with Crippen molar-refractivity contribution >= 4 is 6.09 Å². The van der Waals surface area contributed by atoms with Crippen LogP contribution in [0.15, 0.2) is 18.2 Å². The van der Waals surface area contributed by atoms with Gasteiger partial charge in [-0.1, -0.05) is 6.07 Å². The number of amides is 1. The van der Waals surface area contributed by atoms with Crippen molar-refractivity contribution < 1.29 is 27.4 Å². The lowest BCUT2D eigenvalue weighted by atomic mass is 10.1. The maximum Gasteiger partial charge on any atom is 0.416 e. The fraction of sp³-hybridized carbons (Fsp3) is 0.533. The van der Waals surface area contributed by atoms with Crippen LogP contribution in [0.1, 0.15) is 37.9 Å². The molecule has 4 nitrogen and oxygen atoms in total. The average Bonchev–Trinajstić information content (AvgIpc) is 2.77. The summed E-state index contributed by atoms with van der Waals surface area (Å²) >= 11 is 0. The van der Waals surface area contributed by atoms with Gasteiger partial charge in [0.05, 0.1) is 11.6 Å². The van der Waals surface area contributed by atoms with Gasteiger partial charge in [0.15, 0.2) is 0 Å². The number of hydrogen-bond donors (Lipinski definition) is 0. The second-order valence-corrected chi connectivity index (χ2v) is 6.17. The maximum absolute atomic E-state index is 12.7. The van der Waals surface area contributed by atoms with E-state index in [0.717, 1.165) is 12.1 Å². The van der Waals surface area contributed by atoms with Crippen molar-refractivity contribution in [3.05, 3.63) is 29.3 Å². The number of carbonyl (C=O) groups excluding carboxylic acids is 1. The van der Waals surface area contributed by atoms with E-state index in [1.807, 2.05) is 0 Å². The van der Waals surface area contributed by atoms with Crippen molar-refractivity contribution in [2.45, 2.75) is 38.6 Å². The van der Waals surface area contributed by atoms with Crippen LogP contribution in [0.4, 0.5) is 18.0 Å². The summed E-state index contributed by atoms with van der Waals surface area (Å²) in [5.41, 5.74) is -0.874. The molecule has 0 aliphatic carbocycles. The third-order valence-electron chi connectivity index (χ3n) is 3.25. The molecular weight excluding hydrogens is 299 g/mol. The number of nitrogens with zero attached hydrogens (tertiary/aromatic N) is 1. The van der Waals surface area contributed by atoms with Crippen LogP contribution in [0.2, 0.25) is 0 Å². The summed E-state index contributed by atoms with van der Waals surface area (Å²) in [7, 11) is 1.54. The molecule has 0 saturated heterocycles. The van der Waals surface area contributed by atoms with E-state index in [1.54, 1.807) is 20.8 Å². The summed E-state index contributed by atoms with van der Waals surface area (Å²) in [6.45, 7) is 5.33. The van der Waals surface area contributed by atoms with Gasteiger partial charge in [0.1, 0.15) is 18.0 Å². The molecule has 1 aliphatic rings. The Morgan fingerprint density at radius 2 is 1.95 bits per heavy atom. The van der Waals surface area contributed by atoms with Crippen molar-refractivity contribution in [1.29, 1.82) is 0 Å². The maximum atomic E-state index is 12.7. The smallest absolute Gasteiger partial charge is 0.416 e. The van der Waals surface area contributed by atoms with Gasteiger partial charge in [-0.3, -0.25) is 0 Å². The van der Waals surface area contributed by atoms with Gasteiger partial charge in [-0.25, -0.2) is 4.79 Å². The Labute approximate surface area is 126 Å². The molecule has 122 valence electrons. The molecule has 0 unspecified atom stereocenters. The first-order valence-electron chi connectivity index (χ1n) is 6.79. The zero-order valence-electron chi connectivity index (χ0n) is 12.8. The van der Waals surface area contributed by atoms with Crippen LogP contribution in [-0.4, -0.2) is 30.2 Å². The molecule has 0 fully saturated rings. The molecule has 1 aliphatic heterocycles. The first-order valence-corrected chi connectivity index (χ1v) is 6.79. The van der Waals surface area contributed by atoms with E-state index in [0.29, 0.717) is 5.56 Å². The van der Waals surface area contributed by atoms with E-state index in [9.17, 15) is 18.0 Å². The zero-order chi connectivity index (χ0) is 16.7. The molecular formula is C15H18F3NO3. The van der Waals surface area contributed by atoms with Crippen LogP contribution >= 0.6 is 0 Å². The Kier molecular flexibility index (Phi) is 4.02. The van der Waals surface area contributed by atoms with Gasteiger partial charge in [-0.2, -0.15) is 13.2 Å². The van der Waals surface area contributed by atoms with Crippen molar-refractivity contribution in [3.8, 4) is 5.75 Å². The van der Waals surface area contributed by atoms with Crippen LogP contribution in [0, 0.1) is 0 Å². The van der Waals surface area contributed by atoms with Gasteiger partial charge >= 0.3 is 12.3 Å². The van der Waals surface area contributed by atoms with Gasteiger partial charge in [-0.05, 0) is 32.9 Å². The zero-order valence-corrected chi connectivity index (χ0v) is 12.8. The quantitative estimate of drug-likeness (QED) is 0.785. The van der Waals surface area contributed by atoms with Gasteiger partial charge in [-0.15, -0.1) is 0 Å². The van der Waals surface area contributed by atoms with Gasteiger partial charge in [0, 0.05) is 12.6 Å². The topological polar surface area (TPSA) is 38.8 Å². The summed E-state index contributed by atoms with van der Waals surface area (Å²) in [6, 6.07) is 2.82. The molecule has 1 atom stereocenters. The van der Waals surface area contributed by atoms with E-state index < -0.39 is 29.5 Å². The first-order chi connectivity index (χ1) is 9.99. The van der Waals surface area contributed by atoms with Gasteiger partial charge in [0.25, 0.3) is 0 Å². The highest BCUT2D eigenvalue weighted by Gasteiger charge is 2.36. The molecule has 7 heteroatoms. The number of benzene rings is 1. The number of likely N-dealkylation sites (N-methyl/N-ethyl adjacent to an activating group) is 1. The Morgan fingerprint density at radius 1 is 1.32 bits per heavy atom. The third-order valence-corrected chi connectivity index (χ3v) is 3.25. The van der Waals surface area contributed by atoms with E-state index in [2.05, 4.69) is 0 Å². The summed E-state index contributed by atoms with van der Waals surface area (Å²) < 4.78 is 48.6. The van der Waals surface area contributed by atoms with Crippen LogP contribution < -0.4 is 4.74 Å². The first kappa shape index (κ1) is 16.5. The number of hydrogen-bond acceptors (Lipinski definition) is 3. The van der Waals surface area contributed by atoms with Crippen LogP contribution in [0.3, 0.4) is 0 Å². The Bertz CT molecular complexity index is 578. The van der Waals surface area contributed by atoms with Crippen molar-refractivity contribution in [2.24, 2.45) is 0 Å². The molecule has 1 amide bonds. The highest BCUT2D eigenvalue weighted by Crippen LogP contribution is 2.40. The highest BCUT2D eigenvalue weighted by molar-refractivity contribution is 5.69. The van der Waals surface area contributed by atoms with Gasteiger partial charge in [0.2, 0.25) is 0 Å². The lowest BCUT2D eigenvalue weighted by Gasteiger charge is -2.28. The van der Waals surface area contributed by atoms with E-state index >= 15 is 0 Å². The van der Waals surface area contributed by atoms with Crippen molar-refractivity contribution in [3.63, 3.8) is 0 Å². The number of ether oxygens (including phenoxy) is 2. The van der Waals surface area contributed by atoms with Crippen LogP contribution in [-0.2, 0) is 10.9 Å². The molecule has 2 rings (SSSR count). The minimum absolute atomic E-state index is 0.104. The standard InChI is InChI=1S/C15H18F3NO3/c1-14(2,3)22-13(20)19(4)11-8-21-12-7-9(15(16,17)18)5-6-10(11)12/h5-7,11H,8H2,1-4H3/t11-/m1/s1. The minimum atomic E-state index is -4.42. The normalized spacial score (nSPS) is 17.7. The van der Waals surface area contributed by atoms with Crippen LogP contribution in [0.5, 0.6) is 5.75 Å². The second-order valence-electron chi connectivity index (χ2n) is 6.17. The molecule has 0 N–H and O–H groups in total. The van der Waals surface area contributed by atoms with Crippen LogP contribution in [0.25, 0.3) is 0 Å². The predicted molar refractivity (Wildman–Crippen MR) is 73.7 cm³/mol. The predicted octanol–water partition coefficient (Wildman–Crippen LogP) is 4.01. The summed E-state index contributed by atoms with van der Waals surface area (Å²) in [5, 5.41) is 0. The molecule has 1 aromatic rings. The summed E-state index contributed by atoms with van der Waals surface area (Å²) in [5.74, 6) is 0.148. The fourth-order valence-electron chi connectivity index (χ4n) is 2.15. The largest absolute Gasteiger partial charge is 0.491 e. The molecule has 0 radical (unpaired) electrons. The minimum Gasteiger partial charge on any atom is -0.491 e. The molecule has 0 bridgehead atoms. The number of carbonyl (C=O) groups is 1. The Morgan fingerprint density at radius 3 is 2.50 bits per heavy atom. The Balaban J connectivity index is 2.20. The average molecular weight is 317 g/mol. The number of fused-ring (bicyclic) bond motifs is 1. The molecule has 22 heavy (non-hydrogen) atoms. The van der Waals surface area contributed by atoms with E-state index in [1.165, 1.54) is 18.0 Å². The van der Waals surface area contributed by atoms with E-state index in [4.69, 9.17) is 9.47 Å². The van der Waals surface area contributed by atoms with E-state index in [-0.39, 0.29) is 12.4 Å². The molecule has 0 spiro atoms. The summed E-state index contributed by atoms with van der Waals surface area (Å²) in [6.07, 6.45) is -4.97. The SMILES string of the molecule is CN(C(=O)OC(C)(C)C)[C@@H]1COc2cc(C(F)(F)F)ccc21. The third kappa shape index (κ3) is 3.45. The lowest BCUT2D eigenvalue weighted by Crippen LogP contribution is -2.37. The van der Waals surface area contributed by atoms with Gasteiger partial charge < -0.3 is 14.4 Å². The number of rotatable bonds is 1. The number of halogens is 3. The fourth-order valence-corrected chi connectivity index (χ4v) is 2.15. The molecule has 1 heterocycles. The monoisotopic (exact) mass is 317 g/mol. The Hall–Kier alpha value is -1.92. The summed E-state index contributed by atoms with van der Waals surface area (Å²) in [4.78, 5) is 13.4. The number of alkyl halides is 3. The van der Waals surface area contributed by atoms with Crippen molar-refractivity contribution in [1.82, 2.24) is 4.90 Å². The lowest BCUT2D eigenvalue weighted by molar-refractivity contribution is -0.137. The molecule has 0 saturated carbocycles.